The van der Waals surface area contributed by atoms with Crippen LogP contribution in [0.1, 0.15) is 34.1 Å². The molecule has 1 aromatic carbocycles. The van der Waals surface area contributed by atoms with E-state index >= 15 is 0 Å². The molecule has 1 unspecified atom stereocenters. The van der Waals surface area contributed by atoms with Crippen LogP contribution in [-0.2, 0) is 18.3 Å². The van der Waals surface area contributed by atoms with Crippen molar-refractivity contribution in [3.8, 4) is 0 Å². The molecule has 1 atom stereocenters. The van der Waals surface area contributed by atoms with Crippen molar-refractivity contribution in [3.05, 3.63) is 39.9 Å². The molecule has 1 aliphatic rings. The van der Waals surface area contributed by atoms with Crippen LogP contribution in [-0.4, -0.2) is 60.8 Å². The van der Waals surface area contributed by atoms with E-state index < -0.39 is 30.0 Å². The number of morpholine rings is 1. The molecule has 0 bridgehead atoms. The molecule has 0 saturated carbocycles. The van der Waals surface area contributed by atoms with E-state index in [0.717, 1.165) is 0 Å². The molecule has 0 aliphatic carbocycles. The number of rotatable bonds is 6. The molecule has 2 aromatic heterocycles. The normalized spacial score (nSPS) is 18.4. The second kappa shape index (κ2) is 9.48. The summed E-state index contributed by atoms with van der Waals surface area (Å²) in [5, 5.41) is 13.4. The maximum atomic E-state index is 13.4. The zero-order chi connectivity index (χ0) is 27.3. The van der Waals surface area contributed by atoms with Gasteiger partial charge in [0.2, 0.25) is 5.95 Å². The van der Waals surface area contributed by atoms with E-state index in [4.69, 9.17) is 16.3 Å². The highest BCUT2D eigenvalue weighted by Crippen LogP contribution is 2.34. The highest BCUT2D eigenvalue weighted by Gasteiger charge is 2.48. The molecule has 202 valence electrons. The first-order valence-electron chi connectivity index (χ1n) is 11.7. The van der Waals surface area contributed by atoms with Crippen LogP contribution in [0.3, 0.4) is 0 Å². The summed E-state index contributed by atoms with van der Waals surface area (Å²) >= 11 is 6.32. The van der Waals surface area contributed by atoms with Crippen molar-refractivity contribution in [1.29, 1.82) is 0 Å². The average Bonchev–Trinajstić information content (AvgIpc) is 3.01. The van der Waals surface area contributed by atoms with Gasteiger partial charge in [-0.2, -0.15) is 18.2 Å². The third-order valence-electron chi connectivity index (χ3n) is 6.15. The summed E-state index contributed by atoms with van der Waals surface area (Å²) in [6.07, 6.45) is -4.81. The largest absolute Gasteiger partial charge is 0.416 e. The number of nitrogens with zero attached hydrogens (tertiary/aromatic N) is 5. The smallest absolute Gasteiger partial charge is 0.390 e. The SMILES string of the molecule is Cn1c(=O)n(CCC(C)(C)O)c2cc(Nc3nc(N4CC(C(F)(F)F)OC(C)(C)C4)ncc3Cl)ccc21. The second-order valence-corrected chi connectivity index (χ2v) is 10.9. The third-order valence-corrected chi connectivity index (χ3v) is 6.43. The number of ether oxygens (including phenoxy) is 1. The fraction of sp³-hybridized carbons (Fsp3) is 0.542. The second-order valence-electron chi connectivity index (χ2n) is 10.5. The molecule has 2 N–H and O–H groups in total. The lowest BCUT2D eigenvalue weighted by atomic mass is 10.1. The predicted molar refractivity (Wildman–Crippen MR) is 136 cm³/mol. The average molecular weight is 543 g/mol. The minimum absolute atomic E-state index is 0.0837. The van der Waals surface area contributed by atoms with E-state index in [9.17, 15) is 23.1 Å². The first-order chi connectivity index (χ1) is 17.0. The number of aromatic nitrogens is 4. The van der Waals surface area contributed by atoms with Gasteiger partial charge in [0, 0.05) is 25.8 Å². The Kier molecular flexibility index (Phi) is 6.97. The van der Waals surface area contributed by atoms with Crippen LogP contribution in [0.5, 0.6) is 0 Å². The Hall–Kier alpha value is -2.83. The molecule has 3 heterocycles. The van der Waals surface area contributed by atoms with Gasteiger partial charge >= 0.3 is 11.9 Å². The fourth-order valence-corrected chi connectivity index (χ4v) is 4.47. The zero-order valence-corrected chi connectivity index (χ0v) is 22.0. The van der Waals surface area contributed by atoms with Crippen molar-refractivity contribution < 1.29 is 23.0 Å². The van der Waals surface area contributed by atoms with Gasteiger partial charge < -0.3 is 20.1 Å². The minimum Gasteiger partial charge on any atom is -0.390 e. The number of imidazole rings is 1. The van der Waals surface area contributed by atoms with Gasteiger partial charge in [0.05, 0.1) is 35.0 Å². The summed E-state index contributed by atoms with van der Waals surface area (Å²) in [5.74, 6) is 0.292. The Bertz CT molecular complexity index is 1360. The molecule has 0 spiro atoms. The van der Waals surface area contributed by atoms with Crippen molar-refractivity contribution in [2.75, 3.05) is 23.3 Å². The molecule has 9 nitrogen and oxygen atoms in total. The van der Waals surface area contributed by atoms with Gasteiger partial charge in [-0.3, -0.25) is 9.13 Å². The molecule has 1 fully saturated rings. The van der Waals surface area contributed by atoms with Crippen LogP contribution >= 0.6 is 11.6 Å². The number of fused-ring (bicyclic) bond motifs is 1. The molecule has 4 rings (SSSR count). The number of halogens is 4. The van der Waals surface area contributed by atoms with Gasteiger partial charge in [-0.25, -0.2) is 9.78 Å². The molecule has 3 aromatic rings. The number of nitrogens with one attached hydrogen (secondary N) is 1. The van der Waals surface area contributed by atoms with E-state index in [1.165, 1.54) is 15.7 Å². The van der Waals surface area contributed by atoms with Gasteiger partial charge in [0.15, 0.2) is 11.9 Å². The molecule has 13 heteroatoms. The highest BCUT2D eigenvalue weighted by atomic mass is 35.5. The quantitative estimate of drug-likeness (QED) is 0.481. The summed E-state index contributed by atoms with van der Waals surface area (Å²) in [6.45, 7) is 6.55. The minimum atomic E-state index is -4.53. The summed E-state index contributed by atoms with van der Waals surface area (Å²) in [5.41, 5.74) is -0.309. The maximum absolute atomic E-state index is 13.4. The number of aryl methyl sites for hydroxylation is 2. The number of aliphatic hydroxyl groups is 1. The standard InChI is InChI=1S/C24H30ClF3N6O3/c1-22(2,36)8-9-34-17-10-14(6-7-16(17)32(5)21(34)35)30-19-15(25)11-29-20(31-19)33-12-18(24(26,27)28)37-23(3,4)13-33/h6-7,10-11,18,36H,8-9,12-13H2,1-5H3,(H,29,30,31). The Morgan fingerprint density at radius 1 is 1.27 bits per heavy atom. The van der Waals surface area contributed by atoms with Crippen LogP contribution in [0.15, 0.2) is 29.2 Å². The van der Waals surface area contributed by atoms with E-state index in [1.54, 1.807) is 57.5 Å². The molecule has 1 saturated heterocycles. The summed E-state index contributed by atoms with van der Waals surface area (Å²) in [4.78, 5) is 22.8. The van der Waals surface area contributed by atoms with Gasteiger partial charge in [0.25, 0.3) is 0 Å². The number of hydrogen-bond donors (Lipinski definition) is 2. The topological polar surface area (TPSA) is 97.4 Å². The van der Waals surface area contributed by atoms with Gasteiger partial charge in [-0.05, 0) is 52.3 Å². The van der Waals surface area contributed by atoms with E-state index in [1.807, 2.05) is 0 Å². The van der Waals surface area contributed by atoms with E-state index in [0.29, 0.717) is 29.7 Å². The number of hydrogen-bond acceptors (Lipinski definition) is 7. The predicted octanol–water partition coefficient (Wildman–Crippen LogP) is 4.23. The van der Waals surface area contributed by atoms with Gasteiger partial charge in [-0.15, -0.1) is 0 Å². The lowest BCUT2D eigenvalue weighted by Gasteiger charge is -2.43. The van der Waals surface area contributed by atoms with Crippen LogP contribution < -0.4 is 15.9 Å². The third kappa shape index (κ3) is 6.02. The Balaban J connectivity index is 1.65. The summed E-state index contributed by atoms with van der Waals surface area (Å²) in [7, 11) is 1.67. The number of anilines is 3. The van der Waals surface area contributed by atoms with Crippen LogP contribution in [0.2, 0.25) is 5.02 Å². The van der Waals surface area contributed by atoms with Crippen LogP contribution in [0.4, 0.5) is 30.6 Å². The Labute approximate surface area is 216 Å². The van der Waals surface area contributed by atoms with Gasteiger partial charge in [0.1, 0.15) is 5.02 Å². The number of benzene rings is 1. The Morgan fingerprint density at radius 3 is 2.62 bits per heavy atom. The molecule has 0 radical (unpaired) electrons. The summed E-state index contributed by atoms with van der Waals surface area (Å²) in [6, 6.07) is 5.28. The van der Waals surface area contributed by atoms with Crippen molar-refractivity contribution in [2.24, 2.45) is 7.05 Å². The molecular weight excluding hydrogens is 513 g/mol. The first-order valence-corrected chi connectivity index (χ1v) is 12.1. The van der Waals surface area contributed by atoms with Crippen molar-refractivity contribution in [2.45, 2.75) is 64.1 Å². The molecule has 1 aliphatic heterocycles. The van der Waals surface area contributed by atoms with Gasteiger partial charge in [-0.1, -0.05) is 11.6 Å². The van der Waals surface area contributed by atoms with Crippen molar-refractivity contribution in [3.63, 3.8) is 0 Å². The lowest BCUT2D eigenvalue weighted by Crippen LogP contribution is -2.57. The zero-order valence-electron chi connectivity index (χ0n) is 21.2. The Morgan fingerprint density at radius 2 is 1.97 bits per heavy atom. The van der Waals surface area contributed by atoms with E-state index in [2.05, 4.69) is 15.3 Å². The number of alkyl halides is 3. The maximum Gasteiger partial charge on any atom is 0.416 e. The molecule has 0 amide bonds. The molecule has 37 heavy (non-hydrogen) atoms. The van der Waals surface area contributed by atoms with Crippen LogP contribution in [0.25, 0.3) is 11.0 Å². The monoisotopic (exact) mass is 542 g/mol. The summed E-state index contributed by atoms with van der Waals surface area (Å²) < 4.78 is 48.7. The lowest BCUT2D eigenvalue weighted by molar-refractivity contribution is -0.251. The van der Waals surface area contributed by atoms with Crippen molar-refractivity contribution >= 4 is 40.1 Å². The van der Waals surface area contributed by atoms with E-state index in [-0.39, 0.29) is 29.0 Å². The fourth-order valence-electron chi connectivity index (χ4n) is 4.33. The highest BCUT2D eigenvalue weighted by molar-refractivity contribution is 6.32. The van der Waals surface area contributed by atoms with Crippen LogP contribution in [0, 0.1) is 0 Å². The first kappa shape index (κ1) is 27.2. The molecular formula is C24H30ClF3N6O3. The van der Waals surface area contributed by atoms with Crippen molar-refractivity contribution in [1.82, 2.24) is 19.1 Å².